The summed E-state index contributed by atoms with van der Waals surface area (Å²) in [5, 5.41) is 8.59. The molecular formula is C7H4ClFN2. The van der Waals surface area contributed by atoms with Crippen LogP contribution in [-0.2, 0) is 6.42 Å². The number of pyridine rings is 1. The van der Waals surface area contributed by atoms with Gasteiger partial charge in [-0.1, -0.05) is 11.6 Å². The molecule has 1 heterocycles. The van der Waals surface area contributed by atoms with Crippen LogP contribution in [0.2, 0.25) is 5.02 Å². The highest BCUT2D eigenvalue weighted by Gasteiger charge is 2.02. The SMILES string of the molecule is N#CCc1cc(Cl)cnc1F. The molecule has 0 aliphatic heterocycles. The molecule has 0 bridgehead atoms. The Kier molecular flexibility index (Phi) is 2.40. The molecule has 2 nitrogen and oxygen atoms in total. The number of nitrogens with zero attached hydrogens (tertiary/aromatic N) is 2. The molecule has 0 aliphatic rings. The summed E-state index contributed by atoms with van der Waals surface area (Å²) < 4.78 is 12.6. The fourth-order valence-corrected chi connectivity index (χ4v) is 0.854. The van der Waals surface area contributed by atoms with Gasteiger partial charge in [-0.2, -0.15) is 9.65 Å². The van der Waals surface area contributed by atoms with Crippen LogP contribution < -0.4 is 0 Å². The van der Waals surface area contributed by atoms with E-state index in [0.29, 0.717) is 5.02 Å². The molecule has 0 spiro atoms. The van der Waals surface area contributed by atoms with E-state index in [-0.39, 0.29) is 12.0 Å². The number of halogens is 2. The minimum Gasteiger partial charge on any atom is -0.226 e. The van der Waals surface area contributed by atoms with Crippen molar-refractivity contribution in [1.82, 2.24) is 4.98 Å². The largest absolute Gasteiger partial charge is 0.226 e. The average molecular weight is 171 g/mol. The summed E-state index contributed by atoms with van der Waals surface area (Å²) in [6.07, 6.45) is 1.21. The van der Waals surface area contributed by atoms with Gasteiger partial charge in [-0.05, 0) is 6.07 Å². The normalized spacial score (nSPS) is 9.18. The van der Waals surface area contributed by atoms with Crippen LogP contribution in [0.5, 0.6) is 0 Å². The molecule has 4 heteroatoms. The molecule has 0 N–H and O–H groups in total. The molecule has 1 aromatic heterocycles. The van der Waals surface area contributed by atoms with Gasteiger partial charge in [0.1, 0.15) is 0 Å². The molecule has 11 heavy (non-hydrogen) atoms. The van der Waals surface area contributed by atoms with Gasteiger partial charge in [-0.15, -0.1) is 0 Å². The quantitative estimate of drug-likeness (QED) is 0.604. The lowest BCUT2D eigenvalue weighted by atomic mass is 10.2. The molecule has 0 unspecified atom stereocenters. The third-order valence-electron chi connectivity index (χ3n) is 1.15. The van der Waals surface area contributed by atoms with Gasteiger partial charge >= 0.3 is 0 Å². The van der Waals surface area contributed by atoms with E-state index in [2.05, 4.69) is 4.98 Å². The molecule has 1 rings (SSSR count). The van der Waals surface area contributed by atoms with Crippen LogP contribution in [0, 0.1) is 17.3 Å². The van der Waals surface area contributed by atoms with Gasteiger partial charge in [0.15, 0.2) is 0 Å². The van der Waals surface area contributed by atoms with Crippen LogP contribution in [-0.4, -0.2) is 4.98 Å². The first-order chi connectivity index (χ1) is 5.24. The minimum atomic E-state index is -0.629. The van der Waals surface area contributed by atoms with Crippen LogP contribution in [0.25, 0.3) is 0 Å². The monoisotopic (exact) mass is 170 g/mol. The van der Waals surface area contributed by atoms with E-state index in [1.54, 1.807) is 0 Å². The molecule has 0 fully saturated rings. The van der Waals surface area contributed by atoms with Gasteiger partial charge in [0.2, 0.25) is 5.95 Å². The topological polar surface area (TPSA) is 36.7 Å². The summed E-state index contributed by atoms with van der Waals surface area (Å²) in [6, 6.07) is 3.21. The number of rotatable bonds is 1. The van der Waals surface area contributed by atoms with Gasteiger partial charge < -0.3 is 0 Å². The third kappa shape index (κ3) is 1.89. The molecule has 0 aliphatic carbocycles. The van der Waals surface area contributed by atoms with Gasteiger partial charge in [0.25, 0.3) is 0 Å². The molecular weight excluding hydrogens is 167 g/mol. The molecule has 0 atom stereocenters. The van der Waals surface area contributed by atoms with E-state index in [1.165, 1.54) is 12.3 Å². The summed E-state index contributed by atoms with van der Waals surface area (Å²) in [5.41, 5.74) is 0.236. The average Bonchev–Trinajstić information content (AvgIpc) is 1.98. The predicted octanol–water partition coefficient (Wildman–Crippen LogP) is 1.94. The zero-order chi connectivity index (χ0) is 8.27. The first-order valence-corrected chi connectivity index (χ1v) is 3.28. The van der Waals surface area contributed by atoms with Crippen molar-refractivity contribution in [3.05, 3.63) is 28.8 Å². The summed E-state index contributed by atoms with van der Waals surface area (Å²) in [4.78, 5) is 3.35. The lowest BCUT2D eigenvalue weighted by Crippen LogP contribution is -1.91. The van der Waals surface area contributed by atoms with Gasteiger partial charge in [0, 0.05) is 11.8 Å². The minimum absolute atomic E-state index is 0.000602. The second-order valence-electron chi connectivity index (χ2n) is 1.94. The van der Waals surface area contributed by atoms with Crippen LogP contribution >= 0.6 is 11.6 Å². The summed E-state index contributed by atoms with van der Waals surface area (Å²) >= 11 is 5.51. The van der Waals surface area contributed by atoms with Crippen LogP contribution in [0.3, 0.4) is 0 Å². The van der Waals surface area contributed by atoms with Gasteiger partial charge in [-0.3, -0.25) is 0 Å². The molecule has 0 amide bonds. The van der Waals surface area contributed by atoms with Crippen molar-refractivity contribution < 1.29 is 4.39 Å². The first kappa shape index (κ1) is 7.96. The molecule has 1 aromatic rings. The second kappa shape index (κ2) is 3.31. The van der Waals surface area contributed by atoms with Crippen molar-refractivity contribution >= 4 is 11.6 Å². The predicted molar refractivity (Wildman–Crippen MR) is 38.5 cm³/mol. The number of hydrogen-bond acceptors (Lipinski definition) is 2. The van der Waals surface area contributed by atoms with Gasteiger partial charge in [-0.25, -0.2) is 4.98 Å². The highest BCUT2D eigenvalue weighted by atomic mass is 35.5. The Balaban J connectivity index is 3.05. The maximum atomic E-state index is 12.6. The third-order valence-corrected chi connectivity index (χ3v) is 1.35. The van der Waals surface area contributed by atoms with Crippen LogP contribution in [0.4, 0.5) is 4.39 Å². The Bertz CT molecular complexity index is 306. The summed E-state index contributed by atoms with van der Waals surface area (Å²) in [7, 11) is 0. The maximum Gasteiger partial charge on any atom is 0.217 e. The van der Waals surface area contributed by atoms with E-state index >= 15 is 0 Å². The first-order valence-electron chi connectivity index (χ1n) is 2.91. The lowest BCUT2D eigenvalue weighted by molar-refractivity contribution is 0.571. The van der Waals surface area contributed by atoms with Crippen molar-refractivity contribution in [1.29, 1.82) is 5.26 Å². The van der Waals surface area contributed by atoms with Crippen molar-refractivity contribution in [3.8, 4) is 6.07 Å². The Labute approximate surface area is 68.2 Å². The second-order valence-corrected chi connectivity index (χ2v) is 2.37. The van der Waals surface area contributed by atoms with Crippen LogP contribution in [0.15, 0.2) is 12.3 Å². The molecule has 0 radical (unpaired) electrons. The number of hydrogen-bond donors (Lipinski definition) is 0. The van der Waals surface area contributed by atoms with Crippen molar-refractivity contribution in [2.75, 3.05) is 0 Å². The Morgan fingerprint density at radius 1 is 1.73 bits per heavy atom. The molecule has 56 valence electrons. The zero-order valence-electron chi connectivity index (χ0n) is 5.51. The Hall–Kier alpha value is -1.14. The highest BCUT2D eigenvalue weighted by Crippen LogP contribution is 2.11. The lowest BCUT2D eigenvalue weighted by Gasteiger charge is -1.95. The molecule has 0 saturated carbocycles. The standard InChI is InChI=1S/C7H4ClFN2/c8-6-3-5(1-2-10)7(9)11-4-6/h3-4H,1H2. The summed E-state index contributed by atoms with van der Waals surface area (Å²) in [5.74, 6) is -0.629. The fourth-order valence-electron chi connectivity index (χ4n) is 0.674. The van der Waals surface area contributed by atoms with Crippen LogP contribution in [0.1, 0.15) is 5.56 Å². The highest BCUT2D eigenvalue weighted by molar-refractivity contribution is 6.30. The van der Waals surface area contributed by atoms with Crippen molar-refractivity contribution in [2.24, 2.45) is 0 Å². The summed E-state index contributed by atoms with van der Waals surface area (Å²) in [6.45, 7) is 0. The number of aromatic nitrogens is 1. The van der Waals surface area contributed by atoms with E-state index in [0.717, 1.165) is 0 Å². The van der Waals surface area contributed by atoms with Gasteiger partial charge in [0.05, 0.1) is 17.5 Å². The zero-order valence-corrected chi connectivity index (χ0v) is 6.27. The molecule has 0 saturated heterocycles. The molecule has 0 aromatic carbocycles. The van der Waals surface area contributed by atoms with E-state index in [1.807, 2.05) is 6.07 Å². The van der Waals surface area contributed by atoms with Crippen molar-refractivity contribution in [3.63, 3.8) is 0 Å². The van der Waals surface area contributed by atoms with E-state index < -0.39 is 5.95 Å². The number of nitriles is 1. The Morgan fingerprint density at radius 3 is 3.09 bits per heavy atom. The van der Waals surface area contributed by atoms with E-state index in [9.17, 15) is 4.39 Å². The van der Waals surface area contributed by atoms with E-state index in [4.69, 9.17) is 16.9 Å². The smallest absolute Gasteiger partial charge is 0.217 e. The maximum absolute atomic E-state index is 12.6. The fraction of sp³-hybridized carbons (Fsp3) is 0.143. The van der Waals surface area contributed by atoms with Crippen molar-refractivity contribution in [2.45, 2.75) is 6.42 Å². The Morgan fingerprint density at radius 2 is 2.45 bits per heavy atom.